The highest BCUT2D eigenvalue weighted by molar-refractivity contribution is 5.90. The summed E-state index contributed by atoms with van der Waals surface area (Å²) >= 11 is 0. The van der Waals surface area contributed by atoms with E-state index in [1.807, 2.05) is 0 Å². The molecule has 2 aromatic heterocycles. The normalized spacial score (nSPS) is 10.3. The molecule has 0 radical (unpaired) electrons. The van der Waals surface area contributed by atoms with Crippen LogP contribution in [0.5, 0.6) is 0 Å². The first-order valence-corrected chi connectivity index (χ1v) is 5.25. The van der Waals surface area contributed by atoms with Gasteiger partial charge < -0.3 is 14.5 Å². The minimum atomic E-state index is -1.11. The number of carboxylic acid groups (broad SMARTS) is 1. The fourth-order valence-corrected chi connectivity index (χ4v) is 1.57. The SMILES string of the molecule is Cc1cc(CN(C)c2nccnc2C(=O)O)no1. The molecule has 1 N–H and O–H groups in total. The van der Waals surface area contributed by atoms with Gasteiger partial charge in [-0.1, -0.05) is 5.16 Å². The third-order valence-electron chi connectivity index (χ3n) is 2.32. The van der Waals surface area contributed by atoms with Crippen LogP contribution in [0.1, 0.15) is 21.9 Å². The molecule has 0 amide bonds. The Bertz CT molecular complexity index is 567. The second kappa shape index (κ2) is 4.82. The quantitative estimate of drug-likeness (QED) is 0.866. The Balaban J connectivity index is 2.23. The van der Waals surface area contributed by atoms with Gasteiger partial charge in [-0.2, -0.15) is 0 Å². The number of hydrogen-bond donors (Lipinski definition) is 1. The van der Waals surface area contributed by atoms with Gasteiger partial charge in [-0.15, -0.1) is 0 Å². The van der Waals surface area contributed by atoms with Crippen LogP contribution in [0.2, 0.25) is 0 Å². The summed E-state index contributed by atoms with van der Waals surface area (Å²) in [5, 5.41) is 12.9. The molecule has 94 valence electrons. The molecule has 0 spiro atoms. The number of aromatic nitrogens is 3. The van der Waals surface area contributed by atoms with Gasteiger partial charge >= 0.3 is 5.97 Å². The van der Waals surface area contributed by atoms with Crippen molar-refractivity contribution in [3.8, 4) is 0 Å². The summed E-state index contributed by atoms with van der Waals surface area (Å²) in [6.07, 6.45) is 2.80. The summed E-state index contributed by atoms with van der Waals surface area (Å²) in [6, 6.07) is 1.79. The molecular weight excluding hydrogens is 236 g/mol. The van der Waals surface area contributed by atoms with E-state index in [4.69, 9.17) is 9.63 Å². The Labute approximate surface area is 103 Å². The number of nitrogens with zero attached hydrogens (tertiary/aromatic N) is 4. The van der Waals surface area contributed by atoms with E-state index < -0.39 is 5.97 Å². The van der Waals surface area contributed by atoms with Crippen molar-refractivity contribution in [3.63, 3.8) is 0 Å². The van der Waals surface area contributed by atoms with Gasteiger partial charge in [0.2, 0.25) is 0 Å². The number of aromatic carboxylic acids is 1. The average molecular weight is 248 g/mol. The third-order valence-corrected chi connectivity index (χ3v) is 2.32. The van der Waals surface area contributed by atoms with Gasteiger partial charge in [0.05, 0.1) is 6.54 Å². The summed E-state index contributed by atoms with van der Waals surface area (Å²) in [5.74, 6) is -0.108. The second-order valence-electron chi connectivity index (χ2n) is 3.82. The number of carbonyl (C=O) groups is 1. The standard InChI is InChI=1S/C11H12N4O3/c1-7-5-8(14-18-7)6-15(2)10-9(11(16)17)12-3-4-13-10/h3-5H,6H2,1-2H3,(H,16,17). The van der Waals surface area contributed by atoms with Gasteiger partial charge in [0.1, 0.15) is 11.5 Å². The lowest BCUT2D eigenvalue weighted by Gasteiger charge is -2.17. The first kappa shape index (κ1) is 12.0. The van der Waals surface area contributed by atoms with Crippen LogP contribution in [0, 0.1) is 6.92 Å². The Morgan fingerprint density at radius 2 is 2.17 bits per heavy atom. The maximum Gasteiger partial charge on any atom is 0.358 e. The molecule has 2 rings (SSSR count). The number of carboxylic acids is 1. The van der Waals surface area contributed by atoms with E-state index in [0.717, 1.165) is 0 Å². The van der Waals surface area contributed by atoms with Gasteiger partial charge in [-0.3, -0.25) is 0 Å². The summed E-state index contributed by atoms with van der Waals surface area (Å²) in [6.45, 7) is 2.19. The number of hydrogen-bond acceptors (Lipinski definition) is 6. The summed E-state index contributed by atoms with van der Waals surface area (Å²) in [5.41, 5.74) is 0.622. The lowest BCUT2D eigenvalue weighted by atomic mass is 10.3. The Kier molecular flexibility index (Phi) is 3.22. The van der Waals surface area contributed by atoms with E-state index in [2.05, 4.69) is 15.1 Å². The van der Waals surface area contributed by atoms with Crippen molar-refractivity contribution < 1.29 is 14.4 Å². The Morgan fingerprint density at radius 1 is 1.44 bits per heavy atom. The fourth-order valence-electron chi connectivity index (χ4n) is 1.57. The molecule has 18 heavy (non-hydrogen) atoms. The van der Waals surface area contributed by atoms with E-state index in [1.165, 1.54) is 12.4 Å². The van der Waals surface area contributed by atoms with Crippen molar-refractivity contribution >= 4 is 11.8 Å². The molecule has 2 aromatic rings. The molecule has 0 saturated carbocycles. The van der Waals surface area contributed by atoms with Crippen molar-refractivity contribution in [1.29, 1.82) is 0 Å². The van der Waals surface area contributed by atoms with Crippen molar-refractivity contribution in [2.75, 3.05) is 11.9 Å². The lowest BCUT2D eigenvalue weighted by molar-refractivity contribution is 0.0690. The van der Waals surface area contributed by atoms with E-state index in [9.17, 15) is 4.79 Å². The van der Waals surface area contributed by atoms with Gasteiger partial charge in [-0.25, -0.2) is 14.8 Å². The van der Waals surface area contributed by atoms with Crippen LogP contribution in [0.25, 0.3) is 0 Å². The van der Waals surface area contributed by atoms with Crippen LogP contribution in [-0.2, 0) is 6.54 Å². The fraction of sp³-hybridized carbons (Fsp3) is 0.273. The van der Waals surface area contributed by atoms with Crippen LogP contribution < -0.4 is 4.90 Å². The molecule has 0 fully saturated rings. The van der Waals surface area contributed by atoms with Gasteiger partial charge in [-0.05, 0) is 6.92 Å². The Hall–Kier alpha value is -2.44. The van der Waals surface area contributed by atoms with Crippen molar-refractivity contribution in [3.05, 3.63) is 35.6 Å². The van der Waals surface area contributed by atoms with Crippen molar-refractivity contribution in [2.45, 2.75) is 13.5 Å². The topological polar surface area (TPSA) is 92.4 Å². The predicted molar refractivity (Wildman–Crippen MR) is 62.3 cm³/mol. The summed E-state index contributed by atoms with van der Waals surface area (Å²) in [4.78, 5) is 20.5. The first-order chi connectivity index (χ1) is 8.58. The number of rotatable bonds is 4. The van der Waals surface area contributed by atoms with Gasteiger partial charge in [0.25, 0.3) is 0 Å². The predicted octanol–water partition coefficient (Wildman–Crippen LogP) is 1.11. The van der Waals surface area contributed by atoms with Crippen molar-refractivity contribution in [2.24, 2.45) is 0 Å². The van der Waals surface area contributed by atoms with Gasteiger partial charge in [0.15, 0.2) is 11.5 Å². The van der Waals surface area contributed by atoms with E-state index in [1.54, 1.807) is 24.9 Å². The van der Waals surface area contributed by atoms with Crippen molar-refractivity contribution in [1.82, 2.24) is 15.1 Å². The second-order valence-corrected chi connectivity index (χ2v) is 3.82. The molecule has 0 aromatic carbocycles. The van der Waals surface area contributed by atoms with E-state index in [0.29, 0.717) is 23.8 Å². The van der Waals surface area contributed by atoms with Crippen LogP contribution in [0.3, 0.4) is 0 Å². The lowest BCUT2D eigenvalue weighted by Crippen LogP contribution is -2.21. The molecule has 0 bridgehead atoms. The van der Waals surface area contributed by atoms with E-state index in [-0.39, 0.29) is 5.69 Å². The molecular formula is C11H12N4O3. The molecule has 7 nitrogen and oxygen atoms in total. The maximum atomic E-state index is 11.0. The van der Waals surface area contributed by atoms with Gasteiger partial charge in [0, 0.05) is 25.5 Å². The summed E-state index contributed by atoms with van der Waals surface area (Å²) in [7, 11) is 1.72. The van der Waals surface area contributed by atoms with Crippen LogP contribution in [0.4, 0.5) is 5.82 Å². The minimum absolute atomic E-state index is 0.0831. The molecule has 7 heteroatoms. The monoisotopic (exact) mass is 248 g/mol. The first-order valence-electron chi connectivity index (χ1n) is 5.25. The molecule has 0 aliphatic heterocycles. The molecule has 0 unspecified atom stereocenters. The van der Waals surface area contributed by atoms with E-state index >= 15 is 0 Å². The zero-order valence-corrected chi connectivity index (χ0v) is 9.99. The Morgan fingerprint density at radius 3 is 2.78 bits per heavy atom. The molecule has 0 saturated heterocycles. The highest BCUT2D eigenvalue weighted by atomic mass is 16.5. The molecule has 2 heterocycles. The molecule has 0 aliphatic rings. The zero-order valence-electron chi connectivity index (χ0n) is 9.99. The zero-order chi connectivity index (χ0) is 13.1. The van der Waals surface area contributed by atoms with Crippen LogP contribution in [0.15, 0.2) is 23.0 Å². The maximum absolute atomic E-state index is 11.0. The minimum Gasteiger partial charge on any atom is -0.476 e. The molecule has 0 aliphatic carbocycles. The number of anilines is 1. The highest BCUT2D eigenvalue weighted by Gasteiger charge is 2.17. The summed E-state index contributed by atoms with van der Waals surface area (Å²) < 4.78 is 4.95. The highest BCUT2D eigenvalue weighted by Crippen LogP contribution is 2.16. The average Bonchev–Trinajstić information content (AvgIpc) is 2.74. The smallest absolute Gasteiger partial charge is 0.358 e. The largest absolute Gasteiger partial charge is 0.476 e. The van der Waals surface area contributed by atoms with Crippen LogP contribution in [-0.4, -0.2) is 33.2 Å². The third kappa shape index (κ3) is 2.45. The molecule has 0 atom stereocenters. The van der Waals surface area contributed by atoms with Crippen LogP contribution >= 0.6 is 0 Å². The number of aryl methyl sites for hydroxylation is 1.